The Morgan fingerprint density at radius 3 is 1.96 bits per heavy atom. The van der Waals surface area contributed by atoms with E-state index in [0.29, 0.717) is 11.1 Å². The van der Waals surface area contributed by atoms with E-state index in [2.05, 4.69) is 4.90 Å². The molecular formula is C18H20N2O4. The minimum absolute atomic E-state index is 0.326. The van der Waals surface area contributed by atoms with Crippen LogP contribution in [0.1, 0.15) is 20.7 Å². The molecule has 3 rings (SSSR count). The maximum absolute atomic E-state index is 10.7. The third-order valence-electron chi connectivity index (χ3n) is 3.55. The van der Waals surface area contributed by atoms with E-state index in [-0.39, 0.29) is 5.91 Å². The maximum Gasteiger partial charge on any atom is 0.335 e. The molecule has 24 heavy (non-hydrogen) atoms. The second kappa shape index (κ2) is 8.69. The molecule has 1 amide bonds. The molecule has 1 aliphatic heterocycles. The summed E-state index contributed by atoms with van der Waals surface area (Å²) in [5.41, 5.74) is 6.91. The summed E-state index contributed by atoms with van der Waals surface area (Å²) >= 11 is 0. The molecule has 6 nitrogen and oxygen atoms in total. The second-order valence-electron chi connectivity index (χ2n) is 5.18. The first-order chi connectivity index (χ1) is 11.6. The van der Waals surface area contributed by atoms with Gasteiger partial charge in [0.1, 0.15) is 0 Å². The highest BCUT2D eigenvalue weighted by Crippen LogP contribution is 2.16. The zero-order chi connectivity index (χ0) is 17.4. The summed E-state index contributed by atoms with van der Waals surface area (Å²) in [5.74, 6) is -1.26. The van der Waals surface area contributed by atoms with Crippen molar-refractivity contribution in [3.05, 3.63) is 65.7 Å². The van der Waals surface area contributed by atoms with Crippen LogP contribution in [0.4, 0.5) is 5.69 Å². The van der Waals surface area contributed by atoms with Crippen LogP contribution >= 0.6 is 0 Å². The van der Waals surface area contributed by atoms with Gasteiger partial charge in [0, 0.05) is 24.3 Å². The molecule has 3 N–H and O–H groups in total. The zero-order valence-corrected chi connectivity index (χ0v) is 13.2. The van der Waals surface area contributed by atoms with Gasteiger partial charge in [-0.3, -0.25) is 4.79 Å². The van der Waals surface area contributed by atoms with E-state index < -0.39 is 5.97 Å². The number of nitrogens with zero attached hydrogens (tertiary/aromatic N) is 1. The second-order valence-corrected chi connectivity index (χ2v) is 5.18. The van der Waals surface area contributed by atoms with Crippen LogP contribution in [-0.2, 0) is 4.74 Å². The summed E-state index contributed by atoms with van der Waals surface area (Å²) in [7, 11) is 0. The summed E-state index contributed by atoms with van der Waals surface area (Å²) in [6.07, 6.45) is 0. The number of anilines is 1. The van der Waals surface area contributed by atoms with Crippen molar-refractivity contribution < 1.29 is 19.4 Å². The van der Waals surface area contributed by atoms with Gasteiger partial charge in [-0.1, -0.05) is 18.2 Å². The van der Waals surface area contributed by atoms with E-state index in [0.717, 1.165) is 32.0 Å². The van der Waals surface area contributed by atoms with Gasteiger partial charge >= 0.3 is 5.97 Å². The summed E-state index contributed by atoms with van der Waals surface area (Å²) < 4.78 is 5.25. The largest absolute Gasteiger partial charge is 0.478 e. The highest BCUT2D eigenvalue weighted by molar-refractivity contribution is 5.92. The molecule has 2 aromatic rings. The van der Waals surface area contributed by atoms with E-state index in [1.807, 2.05) is 18.2 Å². The fourth-order valence-corrected chi connectivity index (χ4v) is 2.24. The fourth-order valence-electron chi connectivity index (χ4n) is 2.24. The van der Waals surface area contributed by atoms with Crippen LogP contribution in [0.3, 0.4) is 0 Å². The third kappa shape index (κ3) is 5.10. The van der Waals surface area contributed by atoms with Gasteiger partial charge in [-0.25, -0.2) is 4.79 Å². The van der Waals surface area contributed by atoms with Gasteiger partial charge in [-0.15, -0.1) is 0 Å². The van der Waals surface area contributed by atoms with Crippen LogP contribution in [-0.4, -0.2) is 43.3 Å². The first-order valence-electron chi connectivity index (χ1n) is 7.59. The van der Waals surface area contributed by atoms with Gasteiger partial charge in [0.25, 0.3) is 0 Å². The third-order valence-corrected chi connectivity index (χ3v) is 3.55. The highest BCUT2D eigenvalue weighted by Gasteiger charge is 2.11. The number of amides is 1. The van der Waals surface area contributed by atoms with Gasteiger partial charge < -0.3 is 20.5 Å². The van der Waals surface area contributed by atoms with Crippen LogP contribution < -0.4 is 10.6 Å². The lowest BCUT2D eigenvalue weighted by molar-refractivity contribution is 0.0696. The number of aromatic carboxylic acids is 1. The van der Waals surface area contributed by atoms with Crippen LogP contribution in [0, 0.1) is 0 Å². The van der Waals surface area contributed by atoms with Crippen molar-refractivity contribution in [2.45, 2.75) is 0 Å². The van der Waals surface area contributed by atoms with E-state index in [1.54, 1.807) is 36.4 Å². The van der Waals surface area contributed by atoms with Crippen molar-refractivity contribution in [1.82, 2.24) is 0 Å². The van der Waals surface area contributed by atoms with Crippen molar-refractivity contribution in [3.63, 3.8) is 0 Å². The number of benzene rings is 2. The molecule has 1 fully saturated rings. The van der Waals surface area contributed by atoms with E-state index in [4.69, 9.17) is 15.6 Å². The number of morpholine rings is 1. The van der Waals surface area contributed by atoms with Crippen molar-refractivity contribution in [3.8, 4) is 0 Å². The number of ether oxygens (including phenoxy) is 1. The number of carboxylic acid groups (broad SMARTS) is 1. The van der Waals surface area contributed by atoms with E-state index in [1.165, 1.54) is 0 Å². The Bertz CT molecular complexity index is 665. The van der Waals surface area contributed by atoms with E-state index >= 15 is 0 Å². The monoisotopic (exact) mass is 328 g/mol. The van der Waals surface area contributed by atoms with Crippen molar-refractivity contribution in [2.24, 2.45) is 5.73 Å². The van der Waals surface area contributed by atoms with Crippen LogP contribution in [0.2, 0.25) is 0 Å². The number of rotatable bonds is 3. The molecule has 0 aromatic heterocycles. The summed E-state index contributed by atoms with van der Waals surface area (Å²) in [4.78, 5) is 23.3. The first-order valence-corrected chi connectivity index (χ1v) is 7.59. The van der Waals surface area contributed by atoms with Crippen molar-refractivity contribution in [2.75, 3.05) is 31.2 Å². The molecule has 0 radical (unpaired) electrons. The Labute approximate surface area is 140 Å². The Balaban J connectivity index is 0.000000198. The summed E-state index contributed by atoms with van der Waals surface area (Å²) in [6, 6.07) is 15.7. The topological polar surface area (TPSA) is 92.9 Å². The molecule has 6 heteroatoms. The highest BCUT2D eigenvalue weighted by atomic mass is 16.5. The van der Waals surface area contributed by atoms with Crippen molar-refractivity contribution in [1.29, 1.82) is 0 Å². The number of carbonyl (C=O) groups is 2. The molecular weight excluding hydrogens is 308 g/mol. The standard InChI is InChI=1S/C11H13NO3.C7H7NO/c13-11(14)9-1-3-10(4-2-9)12-5-7-15-8-6-12;8-7(9)6-4-2-1-3-5-6/h1-4H,5-8H2,(H,13,14);1-5H,(H2,8,9). The number of carboxylic acids is 1. The molecule has 126 valence electrons. The van der Waals surface area contributed by atoms with Gasteiger partial charge in [0.05, 0.1) is 18.8 Å². The Morgan fingerprint density at radius 1 is 0.917 bits per heavy atom. The lowest BCUT2D eigenvalue weighted by Crippen LogP contribution is -2.36. The van der Waals surface area contributed by atoms with Crippen LogP contribution in [0.5, 0.6) is 0 Å². The van der Waals surface area contributed by atoms with Gasteiger partial charge in [-0.2, -0.15) is 0 Å². The van der Waals surface area contributed by atoms with Gasteiger partial charge in [0.15, 0.2) is 0 Å². The number of carbonyl (C=O) groups excluding carboxylic acids is 1. The van der Waals surface area contributed by atoms with E-state index in [9.17, 15) is 9.59 Å². The van der Waals surface area contributed by atoms with Crippen LogP contribution in [0.25, 0.3) is 0 Å². The quantitative estimate of drug-likeness (QED) is 0.899. The number of hydrogen-bond donors (Lipinski definition) is 2. The van der Waals surface area contributed by atoms with Crippen molar-refractivity contribution >= 4 is 17.6 Å². The lowest BCUT2D eigenvalue weighted by atomic mass is 10.2. The Kier molecular flexibility index (Phi) is 6.33. The van der Waals surface area contributed by atoms with Gasteiger partial charge in [0.2, 0.25) is 5.91 Å². The molecule has 0 unspecified atom stereocenters. The maximum atomic E-state index is 10.7. The molecule has 0 atom stereocenters. The Hall–Kier alpha value is -2.86. The molecule has 1 aliphatic rings. The molecule has 0 spiro atoms. The number of nitrogens with two attached hydrogens (primary N) is 1. The molecule has 1 saturated heterocycles. The predicted octanol–water partition coefficient (Wildman–Crippen LogP) is 2.01. The normalized spacial score (nSPS) is 13.6. The van der Waals surface area contributed by atoms with Crippen LogP contribution in [0.15, 0.2) is 54.6 Å². The Morgan fingerprint density at radius 2 is 1.50 bits per heavy atom. The minimum Gasteiger partial charge on any atom is -0.478 e. The minimum atomic E-state index is -0.886. The lowest BCUT2D eigenvalue weighted by Gasteiger charge is -2.28. The SMILES string of the molecule is NC(=O)c1ccccc1.O=C(O)c1ccc(N2CCOCC2)cc1. The molecule has 1 heterocycles. The number of primary amides is 1. The van der Waals surface area contributed by atoms with Gasteiger partial charge in [-0.05, 0) is 36.4 Å². The molecule has 0 aliphatic carbocycles. The average molecular weight is 328 g/mol. The summed E-state index contributed by atoms with van der Waals surface area (Å²) in [5, 5.41) is 8.75. The number of hydrogen-bond acceptors (Lipinski definition) is 4. The average Bonchev–Trinajstić information content (AvgIpc) is 2.64. The zero-order valence-electron chi connectivity index (χ0n) is 13.2. The predicted molar refractivity (Wildman–Crippen MR) is 91.4 cm³/mol. The smallest absolute Gasteiger partial charge is 0.335 e. The summed E-state index contributed by atoms with van der Waals surface area (Å²) in [6.45, 7) is 3.21. The first kappa shape index (κ1) is 17.5. The molecule has 0 bridgehead atoms. The fraction of sp³-hybridized carbons (Fsp3) is 0.222. The molecule has 0 saturated carbocycles. The molecule has 2 aromatic carbocycles.